The van der Waals surface area contributed by atoms with Gasteiger partial charge in [-0.2, -0.15) is 0 Å². The molecule has 1 heterocycles. The van der Waals surface area contributed by atoms with Crippen molar-refractivity contribution < 1.29 is 19.1 Å². The third-order valence-electron chi connectivity index (χ3n) is 16.6. The molecule has 0 N–H and O–H groups in total. The van der Waals surface area contributed by atoms with Gasteiger partial charge in [-0.15, -0.1) is 0 Å². The van der Waals surface area contributed by atoms with E-state index in [-0.39, 0.29) is 0 Å². The van der Waals surface area contributed by atoms with E-state index >= 15 is 0 Å². The maximum atomic E-state index is 12.7. The van der Waals surface area contributed by atoms with Gasteiger partial charge in [0.2, 0.25) is 11.4 Å². The average Bonchev–Trinajstić information content (AvgIpc) is 3.64. The van der Waals surface area contributed by atoms with Gasteiger partial charge in [0.25, 0.3) is 0 Å². The van der Waals surface area contributed by atoms with Crippen LogP contribution in [0, 0.1) is 0 Å². The zero-order valence-electron chi connectivity index (χ0n) is 43.7. The standard InChI is InChI=1S/C49H86N2Si4.2C3H7.Ni/c1-14-27-28-29-45-36-48(46-32-41(37-52(15-2,16-3)17-4)30-42(33-46)38-53(18-5,19-6)20-7)51(50)49(45)47-34-43(39-54(21-8,22-9)23-10)31-44(35-47)40-55(24-11,25-12)26-13;2*1-3-2;/h30-36H,14-29,37-40H2,1-13H3;2*1,3H2,2H3;. The summed E-state index contributed by atoms with van der Waals surface area (Å²) in [5.74, 6) is 0. The molecule has 0 saturated heterocycles. The number of unbranched alkanes of at least 4 members (excludes halogenated alkanes) is 2. The van der Waals surface area contributed by atoms with Gasteiger partial charge in [-0.05, 0) is 83.5 Å². The van der Waals surface area contributed by atoms with Crippen molar-refractivity contribution in [2.45, 2.75) is 250 Å². The molecule has 0 aliphatic carbocycles. The van der Waals surface area contributed by atoms with E-state index in [0.29, 0.717) is 0 Å². The first-order valence-electron chi connectivity index (χ1n) is 26.4. The van der Waals surface area contributed by atoms with Crippen LogP contribution < -0.4 is 0 Å². The Bertz CT molecular complexity index is 1560. The third-order valence-corrected chi connectivity index (χ3v) is 41.0. The maximum absolute atomic E-state index is 12.7. The third kappa shape index (κ3) is 15.8. The Balaban J connectivity index is 0.00000173. The quantitative estimate of drug-likeness (QED) is 0.0424. The fourth-order valence-corrected chi connectivity index (χ4v) is 24.8. The second-order valence-electron chi connectivity index (χ2n) is 19.7. The number of allylic oxidation sites excluding steroid dienone is 2. The van der Waals surface area contributed by atoms with E-state index in [2.05, 4.69) is 146 Å². The summed E-state index contributed by atoms with van der Waals surface area (Å²) in [5, 5.41) is 2.72. The van der Waals surface area contributed by atoms with E-state index in [1.165, 1.54) is 172 Å². The molecule has 356 valence electrons. The van der Waals surface area contributed by atoms with Crippen LogP contribution in [0.5, 0.6) is 0 Å². The molecular formula is C55H100N2NiSi4. The number of nitrogens with zero attached hydrogens (tertiary/aromatic N) is 2. The molecule has 0 aromatic heterocycles. The van der Waals surface area contributed by atoms with Crippen molar-refractivity contribution in [1.29, 1.82) is 0 Å². The second-order valence-corrected chi connectivity index (χ2v) is 43.1. The van der Waals surface area contributed by atoms with Crippen molar-refractivity contribution >= 4 is 43.7 Å². The Morgan fingerprint density at radius 1 is 0.419 bits per heavy atom. The van der Waals surface area contributed by atoms with Crippen LogP contribution in [-0.4, -0.2) is 37.0 Å². The Labute approximate surface area is 397 Å². The fourth-order valence-electron chi connectivity index (χ4n) is 10.6. The van der Waals surface area contributed by atoms with E-state index in [0.717, 1.165) is 24.2 Å². The van der Waals surface area contributed by atoms with Crippen LogP contribution >= 0.6 is 0 Å². The SMILES string of the molecule is CCCCCC1=C(c2cc(C[Si](CC)(CC)CC)cc(C[Si](CC)(CC)CC)c2)[N+](=[N-])C(c2cc(C[Si](CC)(CC)CC)cc(C[Si](CC)(CC)CC)c2)=C1.CC[CH2][Ni][CH2]CC. The van der Waals surface area contributed by atoms with Crippen LogP contribution in [0.15, 0.2) is 48.0 Å². The van der Waals surface area contributed by atoms with Gasteiger partial charge >= 0.3 is 51.9 Å². The van der Waals surface area contributed by atoms with Crippen LogP contribution in [0.4, 0.5) is 0 Å². The number of benzene rings is 2. The molecule has 1 aliphatic heterocycles. The number of hydrogen-bond donors (Lipinski definition) is 0. The number of rotatable bonds is 30. The molecular weight excluding hydrogens is 860 g/mol. The van der Waals surface area contributed by atoms with Crippen LogP contribution in [0.25, 0.3) is 16.9 Å². The van der Waals surface area contributed by atoms with Crippen molar-refractivity contribution in [3.05, 3.63) is 87.0 Å². The van der Waals surface area contributed by atoms with Crippen molar-refractivity contribution in [2.24, 2.45) is 0 Å². The first kappa shape index (κ1) is 57.0. The van der Waals surface area contributed by atoms with Gasteiger partial charge in [0, 0.05) is 22.8 Å². The minimum absolute atomic E-state index is 1.00. The number of hydrogen-bond acceptors (Lipinski definition) is 0. The van der Waals surface area contributed by atoms with E-state index in [1.807, 2.05) is 14.4 Å². The summed E-state index contributed by atoms with van der Waals surface area (Å²) in [6.45, 7) is 36.2. The molecule has 3 rings (SSSR count). The molecule has 2 aromatic rings. The molecule has 0 fully saturated rings. The monoisotopic (exact) mass is 959 g/mol. The summed E-state index contributed by atoms with van der Waals surface area (Å²) < 4.78 is 1.66. The van der Waals surface area contributed by atoms with Gasteiger partial charge in [0.15, 0.2) is 0 Å². The van der Waals surface area contributed by atoms with Crippen molar-refractivity contribution in [2.75, 3.05) is 0 Å². The summed E-state index contributed by atoms with van der Waals surface area (Å²) in [7, 11) is -5.64. The minimum atomic E-state index is -1.41. The predicted molar refractivity (Wildman–Crippen MR) is 289 cm³/mol. The molecule has 2 nitrogen and oxygen atoms in total. The molecule has 2 aromatic carbocycles. The van der Waals surface area contributed by atoms with Crippen LogP contribution in [-0.2, 0) is 38.6 Å². The van der Waals surface area contributed by atoms with E-state index < -0.39 is 32.3 Å². The van der Waals surface area contributed by atoms with Gasteiger partial charge in [-0.1, -0.05) is 188 Å². The van der Waals surface area contributed by atoms with Crippen LogP contribution in [0.2, 0.25) is 83.3 Å². The molecule has 0 spiro atoms. The Morgan fingerprint density at radius 2 is 0.742 bits per heavy atom. The normalized spacial score (nSPS) is 13.9. The Hall–Kier alpha value is -1.12. The fraction of sp³-hybridized carbons (Fsp3) is 0.709. The zero-order chi connectivity index (χ0) is 46.4. The first-order chi connectivity index (χ1) is 29.8. The molecule has 0 radical (unpaired) electrons. The van der Waals surface area contributed by atoms with Gasteiger partial charge in [-0.3, -0.25) is 0 Å². The second kappa shape index (κ2) is 28.8. The predicted octanol–water partition coefficient (Wildman–Crippen LogP) is 19.2. The van der Waals surface area contributed by atoms with Gasteiger partial charge in [-0.25, -0.2) is 4.70 Å². The summed E-state index contributed by atoms with van der Waals surface area (Å²) in [5.41, 5.74) is 24.7. The van der Waals surface area contributed by atoms with Gasteiger partial charge < -0.3 is 5.53 Å². The van der Waals surface area contributed by atoms with Crippen molar-refractivity contribution in [1.82, 2.24) is 0 Å². The van der Waals surface area contributed by atoms with Crippen LogP contribution in [0.1, 0.15) is 176 Å². The molecule has 0 bridgehead atoms. The van der Waals surface area contributed by atoms with Gasteiger partial charge in [0.05, 0.1) is 32.3 Å². The summed E-state index contributed by atoms with van der Waals surface area (Å²) in [6.07, 6.45) is 9.68. The molecule has 0 amide bonds. The van der Waals surface area contributed by atoms with Crippen molar-refractivity contribution in [3.8, 4) is 0 Å². The first-order valence-corrected chi connectivity index (χ1v) is 39.1. The molecule has 7 heteroatoms. The van der Waals surface area contributed by atoms with E-state index in [4.69, 9.17) is 0 Å². The Kier molecular flexibility index (Phi) is 26.5. The molecule has 0 atom stereocenters. The Morgan fingerprint density at radius 3 is 1.03 bits per heavy atom. The molecule has 0 unspecified atom stereocenters. The molecule has 62 heavy (non-hydrogen) atoms. The topological polar surface area (TPSA) is 25.3 Å². The molecule has 1 aliphatic rings. The zero-order valence-corrected chi connectivity index (χ0v) is 48.7. The van der Waals surface area contributed by atoms with E-state index in [9.17, 15) is 5.53 Å². The average molecular weight is 960 g/mol. The van der Waals surface area contributed by atoms with Gasteiger partial charge in [0.1, 0.15) is 0 Å². The molecule has 0 saturated carbocycles. The summed E-state index contributed by atoms with van der Waals surface area (Å²) in [6, 6.07) is 36.4. The van der Waals surface area contributed by atoms with Crippen molar-refractivity contribution in [3.63, 3.8) is 0 Å². The summed E-state index contributed by atoms with van der Waals surface area (Å²) >= 11 is 1.90. The van der Waals surface area contributed by atoms with Crippen LogP contribution in [0.3, 0.4) is 0 Å². The summed E-state index contributed by atoms with van der Waals surface area (Å²) in [4.78, 5) is 0. The van der Waals surface area contributed by atoms with E-state index in [1.54, 1.807) is 4.70 Å².